The van der Waals surface area contributed by atoms with Crippen molar-refractivity contribution in [2.45, 2.75) is 59.0 Å². The molecular formula is C13H25N3. The Hall–Kier alpha value is -0.830. The zero-order chi connectivity index (χ0) is 12.2. The first-order chi connectivity index (χ1) is 7.40. The van der Waals surface area contributed by atoms with Gasteiger partial charge < -0.3 is 9.88 Å². The molecule has 0 fully saturated rings. The van der Waals surface area contributed by atoms with Crippen molar-refractivity contribution in [2.75, 3.05) is 6.54 Å². The van der Waals surface area contributed by atoms with Crippen molar-refractivity contribution in [3.8, 4) is 0 Å². The Kier molecular flexibility index (Phi) is 4.54. The molecule has 0 bridgehead atoms. The zero-order valence-electron chi connectivity index (χ0n) is 11.2. The van der Waals surface area contributed by atoms with Gasteiger partial charge in [-0.15, -0.1) is 0 Å². The molecule has 1 aromatic heterocycles. The Labute approximate surface area is 99.3 Å². The lowest BCUT2D eigenvalue weighted by Crippen LogP contribution is -2.36. The highest BCUT2D eigenvalue weighted by atomic mass is 15.1. The van der Waals surface area contributed by atoms with E-state index in [1.54, 1.807) is 0 Å². The molecule has 1 atom stereocenters. The quantitative estimate of drug-likeness (QED) is 0.778. The molecule has 0 aliphatic heterocycles. The third kappa shape index (κ3) is 4.35. The van der Waals surface area contributed by atoms with Crippen molar-refractivity contribution in [3.05, 3.63) is 18.2 Å². The summed E-state index contributed by atoms with van der Waals surface area (Å²) in [5.41, 5.74) is 0.230. The van der Waals surface area contributed by atoms with E-state index in [0.29, 0.717) is 6.04 Å². The van der Waals surface area contributed by atoms with Gasteiger partial charge in [0, 0.05) is 24.0 Å². The lowest BCUT2D eigenvalue weighted by atomic mass is 10.1. The van der Waals surface area contributed by atoms with Gasteiger partial charge in [-0.3, -0.25) is 0 Å². The van der Waals surface area contributed by atoms with E-state index in [2.05, 4.69) is 55.7 Å². The number of hydrogen-bond acceptors (Lipinski definition) is 2. The molecule has 92 valence electrons. The van der Waals surface area contributed by atoms with Gasteiger partial charge in [0.1, 0.15) is 5.82 Å². The second kappa shape index (κ2) is 5.48. The summed E-state index contributed by atoms with van der Waals surface area (Å²) in [5, 5.41) is 3.51. The molecule has 3 nitrogen and oxygen atoms in total. The molecule has 0 amide bonds. The van der Waals surface area contributed by atoms with E-state index in [-0.39, 0.29) is 5.54 Å². The molecule has 0 aromatic carbocycles. The summed E-state index contributed by atoms with van der Waals surface area (Å²) in [5.74, 6) is 1.11. The van der Waals surface area contributed by atoms with Crippen molar-refractivity contribution in [2.24, 2.45) is 0 Å². The zero-order valence-corrected chi connectivity index (χ0v) is 11.2. The Morgan fingerprint density at radius 2 is 2.12 bits per heavy atom. The second-order valence-electron chi connectivity index (χ2n) is 5.55. The van der Waals surface area contributed by atoms with E-state index in [0.717, 1.165) is 12.4 Å². The predicted molar refractivity (Wildman–Crippen MR) is 68.7 cm³/mol. The lowest BCUT2D eigenvalue weighted by Gasteiger charge is -2.21. The third-order valence-electron chi connectivity index (χ3n) is 2.79. The SMILES string of the molecule is Cc1nccn1C(C)CCCNC(C)(C)C. The maximum absolute atomic E-state index is 4.25. The summed E-state index contributed by atoms with van der Waals surface area (Å²) >= 11 is 0. The molecule has 16 heavy (non-hydrogen) atoms. The van der Waals surface area contributed by atoms with E-state index in [9.17, 15) is 0 Å². The molecule has 1 unspecified atom stereocenters. The Morgan fingerprint density at radius 3 is 2.62 bits per heavy atom. The normalized spacial score (nSPS) is 14.1. The number of aromatic nitrogens is 2. The van der Waals surface area contributed by atoms with E-state index >= 15 is 0 Å². The first-order valence-electron chi connectivity index (χ1n) is 6.14. The molecule has 0 aliphatic carbocycles. The highest BCUT2D eigenvalue weighted by Gasteiger charge is 2.09. The van der Waals surface area contributed by atoms with Crippen LogP contribution >= 0.6 is 0 Å². The van der Waals surface area contributed by atoms with Crippen LogP contribution in [0, 0.1) is 6.92 Å². The van der Waals surface area contributed by atoms with Crippen LogP contribution in [0.4, 0.5) is 0 Å². The van der Waals surface area contributed by atoms with E-state index in [4.69, 9.17) is 0 Å². The largest absolute Gasteiger partial charge is 0.332 e. The van der Waals surface area contributed by atoms with Crippen LogP contribution in [0.2, 0.25) is 0 Å². The van der Waals surface area contributed by atoms with Crippen molar-refractivity contribution < 1.29 is 0 Å². The monoisotopic (exact) mass is 223 g/mol. The number of hydrogen-bond donors (Lipinski definition) is 1. The highest BCUT2D eigenvalue weighted by Crippen LogP contribution is 2.14. The summed E-state index contributed by atoms with van der Waals surface area (Å²) in [6.07, 6.45) is 6.34. The van der Waals surface area contributed by atoms with Gasteiger partial charge in [-0.25, -0.2) is 4.98 Å². The topological polar surface area (TPSA) is 29.9 Å². The van der Waals surface area contributed by atoms with Gasteiger partial charge in [0.05, 0.1) is 0 Å². The molecule has 1 aromatic rings. The fraction of sp³-hybridized carbons (Fsp3) is 0.769. The molecule has 0 radical (unpaired) electrons. The number of nitrogens with one attached hydrogen (secondary N) is 1. The smallest absolute Gasteiger partial charge is 0.105 e. The van der Waals surface area contributed by atoms with Gasteiger partial charge in [-0.1, -0.05) is 0 Å². The fourth-order valence-electron chi connectivity index (χ4n) is 1.85. The molecule has 3 heteroatoms. The minimum Gasteiger partial charge on any atom is -0.332 e. The Morgan fingerprint density at radius 1 is 1.44 bits per heavy atom. The van der Waals surface area contributed by atoms with Crippen molar-refractivity contribution >= 4 is 0 Å². The van der Waals surface area contributed by atoms with Gasteiger partial charge in [0.25, 0.3) is 0 Å². The first kappa shape index (κ1) is 13.2. The Balaban J connectivity index is 2.26. The Bertz CT molecular complexity index is 309. The number of imidazole rings is 1. The number of nitrogens with zero attached hydrogens (tertiary/aromatic N) is 2. The predicted octanol–water partition coefficient (Wildman–Crippen LogP) is 2.92. The minimum atomic E-state index is 0.230. The maximum atomic E-state index is 4.25. The van der Waals surface area contributed by atoms with Gasteiger partial charge in [-0.2, -0.15) is 0 Å². The molecule has 0 spiro atoms. The van der Waals surface area contributed by atoms with Crippen LogP contribution in [0.1, 0.15) is 52.4 Å². The summed E-state index contributed by atoms with van der Waals surface area (Å²) in [6.45, 7) is 12.0. The third-order valence-corrected chi connectivity index (χ3v) is 2.79. The van der Waals surface area contributed by atoms with Gasteiger partial charge >= 0.3 is 0 Å². The average Bonchev–Trinajstić information content (AvgIpc) is 2.57. The number of aryl methyl sites for hydroxylation is 1. The van der Waals surface area contributed by atoms with Crippen LogP contribution in [0.3, 0.4) is 0 Å². The van der Waals surface area contributed by atoms with Crippen molar-refractivity contribution in [1.82, 2.24) is 14.9 Å². The van der Waals surface area contributed by atoms with Crippen LogP contribution in [-0.4, -0.2) is 21.6 Å². The molecule has 0 saturated heterocycles. The summed E-state index contributed by atoms with van der Waals surface area (Å²) < 4.78 is 2.25. The molecule has 0 saturated carbocycles. The standard InChI is InChI=1S/C13H25N3/c1-11(16-10-9-14-12(16)2)7-6-8-15-13(3,4)5/h9-11,15H,6-8H2,1-5H3. The summed E-state index contributed by atoms with van der Waals surface area (Å²) in [4.78, 5) is 4.25. The molecule has 1 heterocycles. The van der Waals surface area contributed by atoms with Crippen molar-refractivity contribution in [3.63, 3.8) is 0 Å². The van der Waals surface area contributed by atoms with Crippen molar-refractivity contribution in [1.29, 1.82) is 0 Å². The summed E-state index contributed by atoms with van der Waals surface area (Å²) in [7, 11) is 0. The van der Waals surface area contributed by atoms with Gasteiger partial charge in [0.15, 0.2) is 0 Å². The fourth-order valence-corrected chi connectivity index (χ4v) is 1.85. The second-order valence-corrected chi connectivity index (χ2v) is 5.55. The van der Waals surface area contributed by atoms with Crippen LogP contribution in [0.5, 0.6) is 0 Å². The van der Waals surface area contributed by atoms with Crippen LogP contribution in [0.15, 0.2) is 12.4 Å². The lowest BCUT2D eigenvalue weighted by molar-refractivity contribution is 0.398. The van der Waals surface area contributed by atoms with E-state index in [1.807, 2.05) is 6.20 Å². The van der Waals surface area contributed by atoms with Gasteiger partial charge in [0.2, 0.25) is 0 Å². The maximum Gasteiger partial charge on any atom is 0.105 e. The molecule has 0 aliphatic rings. The highest BCUT2D eigenvalue weighted by molar-refractivity contribution is 4.91. The van der Waals surface area contributed by atoms with Gasteiger partial charge in [-0.05, 0) is 54.0 Å². The minimum absolute atomic E-state index is 0.230. The van der Waals surface area contributed by atoms with Crippen LogP contribution in [-0.2, 0) is 0 Å². The molecule has 1 N–H and O–H groups in total. The van der Waals surface area contributed by atoms with E-state index < -0.39 is 0 Å². The first-order valence-corrected chi connectivity index (χ1v) is 6.14. The van der Waals surface area contributed by atoms with Crippen LogP contribution in [0.25, 0.3) is 0 Å². The average molecular weight is 223 g/mol. The molecule has 1 rings (SSSR count). The summed E-state index contributed by atoms with van der Waals surface area (Å²) in [6, 6.07) is 0.546. The number of rotatable bonds is 5. The van der Waals surface area contributed by atoms with Crippen LogP contribution < -0.4 is 5.32 Å². The van der Waals surface area contributed by atoms with E-state index in [1.165, 1.54) is 12.8 Å². The molecular weight excluding hydrogens is 198 g/mol.